The van der Waals surface area contributed by atoms with E-state index in [2.05, 4.69) is 56.6 Å². The van der Waals surface area contributed by atoms with Crippen molar-refractivity contribution in [1.82, 2.24) is 0 Å². The first-order valence-electron chi connectivity index (χ1n) is 4.78. The summed E-state index contributed by atoms with van der Waals surface area (Å²) in [5, 5.41) is 0. The summed E-state index contributed by atoms with van der Waals surface area (Å²) in [5.41, 5.74) is 2.69. The van der Waals surface area contributed by atoms with Crippen LogP contribution in [0, 0.1) is 6.42 Å². The molecular weight excluding hydrogens is 158 g/mol. The minimum Gasteiger partial charge on any atom is -0.378 e. The molecule has 0 N–H and O–H groups in total. The normalized spacial score (nSPS) is 10.1. The van der Waals surface area contributed by atoms with Crippen molar-refractivity contribution in [2.75, 3.05) is 19.0 Å². The van der Waals surface area contributed by atoms with Gasteiger partial charge in [-0.25, -0.2) is 0 Å². The Balaban J connectivity index is 2.59. The summed E-state index contributed by atoms with van der Waals surface area (Å²) in [4.78, 5) is 2.12. The van der Waals surface area contributed by atoms with Crippen molar-refractivity contribution >= 4 is 5.69 Å². The zero-order valence-electron chi connectivity index (χ0n) is 8.75. The summed E-state index contributed by atoms with van der Waals surface area (Å²) < 4.78 is 0. The van der Waals surface area contributed by atoms with Gasteiger partial charge in [-0.2, -0.15) is 0 Å². The molecule has 13 heavy (non-hydrogen) atoms. The van der Waals surface area contributed by atoms with Crippen molar-refractivity contribution in [3.8, 4) is 0 Å². The molecule has 1 heteroatoms. The number of nitrogens with zero attached hydrogens (tertiary/aromatic N) is 1. The Morgan fingerprint density at radius 2 is 1.77 bits per heavy atom. The second-order valence-electron chi connectivity index (χ2n) is 3.51. The SMILES string of the molecule is C[CH]CCc1ccc(N(C)C)cc1. The Bertz CT molecular complexity index is 236. The van der Waals surface area contributed by atoms with E-state index in [0.29, 0.717) is 0 Å². The fraction of sp³-hybridized carbons (Fsp3) is 0.417. The van der Waals surface area contributed by atoms with E-state index in [9.17, 15) is 0 Å². The van der Waals surface area contributed by atoms with Crippen LogP contribution in [0.5, 0.6) is 0 Å². The van der Waals surface area contributed by atoms with Crippen molar-refractivity contribution in [1.29, 1.82) is 0 Å². The summed E-state index contributed by atoms with van der Waals surface area (Å²) >= 11 is 0. The molecule has 0 aliphatic heterocycles. The average molecular weight is 176 g/mol. The highest BCUT2D eigenvalue weighted by Crippen LogP contribution is 2.13. The monoisotopic (exact) mass is 176 g/mol. The topological polar surface area (TPSA) is 3.24 Å². The molecule has 0 aliphatic carbocycles. The van der Waals surface area contributed by atoms with Gasteiger partial charge in [-0.15, -0.1) is 0 Å². The molecule has 1 aromatic rings. The van der Waals surface area contributed by atoms with Gasteiger partial charge in [-0.05, 0) is 37.0 Å². The zero-order chi connectivity index (χ0) is 9.68. The number of hydrogen-bond donors (Lipinski definition) is 0. The molecule has 0 fully saturated rings. The van der Waals surface area contributed by atoms with Gasteiger partial charge in [0.15, 0.2) is 0 Å². The minimum atomic E-state index is 1.16. The highest BCUT2D eigenvalue weighted by molar-refractivity contribution is 5.45. The van der Waals surface area contributed by atoms with E-state index in [1.54, 1.807) is 0 Å². The van der Waals surface area contributed by atoms with Gasteiger partial charge in [0.25, 0.3) is 0 Å². The molecule has 0 unspecified atom stereocenters. The highest BCUT2D eigenvalue weighted by Gasteiger charge is 1.95. The fourth-order valence-electron chi connectivity index (χ4n) is 1.27. The van der Waals surface area contributed by atoms with Crippen LogP contribution in [0.2, 0.25) is 0 Å². The number of aryl methyl sites for hydroxylation is 1. The van der Waals surface area contributed by atoms with E-state index in [-0.39, 0.29) is 0 Å². The molecule has 1 rings (SSSR count). The lowest BCUT2D eigenvalue weighted by Crippen LogP contribution is -2.08. The van der Waals surface area contributed by atoms with E-state index < -0.39 is 0 Å². The van der Waals surface area contributed by atoms with E-state index in [0.717, 1.165) is 6.42 Å². The highest BCUT2D eigenvalue weighted by atomic mass is 15.1. The van der Waals surface area contributed by atoms with Crippen LogP contribution >= 0.6 is 0 Å². The summed E-state index contributed by atoms with van der Waals surface area (Å²) in [5.74, 6) is 0. The van der Waals surface area contributed by atoms with Crippen LogP contribution < -0.4 is 4.90 Å². The zero-order valence-corrected chi connectivity index (χ0v) is 8.75. The van der Waals surface area contributed by atoms with Crippen LogP contribution in [0.15, 0.2) is 24.3 Å². The van der Waals surface area contributed by atoms with Crippen molar-refractivity contribution < 1.29 is 0 Å². The van der Waals surface area contributed by atoms with Crippen LogP contribution in [-0.2, 0) is 6.42 Å². The lowest BCUT2D eigenvalue weighted by atomic mass is 10.1. The molecule has 0 aliphatic rings. The average Bonchev–Trinajstić information content (AvgIpc) is 2.15. The van der Waals surface area contributed by atoms with Crippen LogP contribution in [0.3, 0.4) is 0 Å². The second-order valence-corrected chi connectivity index (χ2v) is 3.51. The standard InChI is InChI=1S/C12H18N/c1-4-5-6-11-7-9-12(10-8-11)13(2)3/h4,7-10H,5-6H2,1-3H3. The van der Waals surface area contributed by atoms with Gasteiger partial charge in [-0.1, -0.05) is 19.1 Å². The maximum absolute atomic E-state index is 2.21. The molecule has 0 atom stereocenters. The molecule has 0 saturated carbocycles. The summed E-state index contributed by atoms with van der Waals surface area (Å²) in [7, 11) is 4.13. The second kappa shape index (κ2) is 4.90. The Labute approximate surface area is 81.4 Å². The molecule has 71 valence electrons. The van der Waals surface area contributed by atoms with E-state index >= 15 is 0 Å². The first kappa shape index (κ1) is 10.1. The molecular formula is C12H18N. The van der Waals surface area contributed by atoms with Crippen LogP contribution in [0.25, 0.3) is 0 Å². The van der Waals surface area contributed by atoms with Crippen molar-refractivity contribution in [3.05, 3.63) is 36.2 Å². The van der Waals surface area contributed by atoms with Crippen molar-refractivity contribution in [3.63, 3.8) is 0 Å². The maximum atomic E-state index is 2.21. The molecule has 1 nitrogen and oxygen atoms in total. The molecule has 0 amide bonds. The lowest BCUT2D eigenvalue weighted by Gasteiger charge is -2.12. The van der Waals surface area contributed by atoms with Gasteiger partial charge >= 0.3 is 0 Å². The van der Waals surface area contributed by atoms with Crippen molar-refractivity contribution in [2.24, 2.45) is 0 Å². The fourth-order valence-corrected chi connectivity index (χ4v) is 1.27. The smallest absolute Gasteiger partial charge is 0.0361 e. The molecule has 0 heterocycles. The van der Waals surface area contributed by atoms with Gasteiger partial charge in [0.1, 0.15) is 0 Å². The van der Waals surface area contributed by atoms with Crippen LogP contribution in [-0.4, -0.2) is 14.1 Å². The molecule has 0 spiro atoms. The van der Waals surface area contributed by atoms with E-state index in [1.807, 2.05) is 0 Å². The third-order valence-electron chi connectivity index (χ3n) is 2.17. The largest absolute Gasteiger partial charge is 0.378 e. The Morgan fingerprint density at radius 3 is 2.23 bits per heavy atom. The van der Waals surface area contributed by atoms with Gasteiger partial charge in [-0.3, -0.25) is 0 Å². The van der Waals surface area contributed by atoms with Crippen molar-refractivity contribution in [2.45, 2.75) is 19.8 Å². The van der Waals surface area contributed by atoms with Gasteiger partial charge < -0.3 is 4.90 Å². The number of rotatable bonds is 4. The van der Waals surface area contributed by atoms with E-state index in [1.165, 1.54) is 17.7 Å². The first-order chi connectivity index (χ1) is 6.24. The predicted molar refractivity (Wildman–Crippen MR) is 59.1 cm³/mol. The molecule has 0 aromatic heterocycles. The van der Waals surface area contributed by atoms with E-state index in [4.69, 9.17) is 0 Å². The minimum absolute atomic E-state index is 1.16. The van der Waals surface area contributed by atoms with Gasteiger partial charge in [0.2, 0.25) is 0 Å². The molecule has 1 aromatic carbocycles. The maximum Gasteiger partial charge on any atom is 0.0361 e. The first-order valence-corrected chi connectivity index (χ1v) is 4.78. The van der Waals surface area contributed by atoms with Gasteiger partial charge in [0.05, 0.1) is 0 Å². The predicted octanol–water partition coefficient (Wildman–Crippen LogP) is 2.91. The summed E-state index contributed by atoms with van der Waals surface area (Å²) in [6, 6.07) is 8.76. The Kier molecular flexibility index (Phi) is 3.81. The van der Waals surface area contributed by atoms with Crippen LogP contribution in [0.1, 0.15) is 18.9 Å². The number of hydrogen-bond acceptors (Lipinski definition) is 1. The number of anilines is 1. The third kappa shape index (κ3) is 3.10. The van der Waals surface area contributed by atoms with Crippen LogP contribution in [0.4, 0.5) is 5.69 Å². The number of benzene rings is 1. The Hall–Kier alpha value is -0.980. The quantitative estimate of drug-likeness (QED) is 0.682. The third-order valence-corrected chi connectivity index (χ3v) is 2.17. The van der Waals surface area contributed by atoms with Gasteiger partial charge in [0, 0.05) is 19.8 Å². The molecule has 0 saturated heterocycles. The Morgan fingerprint density at radius 1 is 1.15 bits per heavy atom. The summed E-state index contributed by atoms with van der Waals surface area (Å²) in [6.45, 7) is 2.11. The summed E-state index contributed by atoms with van der Waals surface area (Å²) in [6.07, 6.45) is 4.53. The molecule has 1 radical (unpaired) electrons. The lowest BCUT2D eigenvalue weighted by molar-refractivity contribution is 0.935. The molecule has 0 bridgehead atoms. The number of unbranched alkanes of at least 4 members (excludes halogenated alkanes) is 1.